The van der Waals surface area contributed by atoms with Crippen LogP contribution in [-0.2, 0) is 0 Å². The van der Waals surface area contributed by atoms with Gasteiger partial charge in [-0.2, -0.15) is 0 Å². The molecule has 0 atom stereocenters. The van der Waals surface area contributed by atoms with Crippen molar-refractivity contribution in [1.29, 1.82) is 0 Å². The summed E-state index contributed by atoms with van der Waals surface area (Å²) in [5.41, 5.74) is 0. The monoisotopic (exact) mass is 405 g/mol. The lowest BCUT2D eigenvalue weighted by molar-refractivity contribution is 0.159. The summed E-state index contributed by atoms with van der Waals surface area (Å²) in [6, 6.07) is 0. The average Bonchev–Trinajstić information content (AvgIpc) is 2.69. The van der Waals surface area contributed by atoms with Crippen LogP contribution in [0.1, 0.15) is 96.8 Å². The molecule has 0 aromatic rings. The maximum absolute atomic E-state index is 8.97. The third kappa shape index (κ3) is 25.9. The van der Waals surface area contributed by atoms with Gasteiger partial charge in [0.1, 0.15) is 0 Å². The molecule has 0 aromatic carbocycles. The van der Waals surface area contributed by atoms with Gasteiger partial charge in [-0.1, -0.05) is 76.9 Å². The van der Waals surface area contributed by atoms with Crippen molar-refractivity contribution < 1.29 is 10.2 Å². The lowest BCUT2D eigenvalue weighted by atomic mass is 10.1. The predicted octanol–water partition coefficient (Wildman–Crippen LogP) is 6.17. The molecule has 2 N–H and O–H groups in total. The molecule has 27 heavy (non-hydrogen) atoms. The first-order valence-electron chi connectivity index (χ1n) is 11.3. The number of aliphatic hydroxyl groups excluding tert-OH is 2. The van der Waals surface area contributed by atoms with E-state index in [0.29, 0.717) is 13.1 Å². The van der Waals surface area contributed by atoms with Crippen molar-refractivity contribution in [3.05, 3.63) is 12.2 Å². The van der Waals surface area contributed by atoms with Crippen LogP contribution in [0.2, 0.25) is 0 Å². The minimum absolute atomic E-state index is 0.187. The predicted molar refractivity (Wildman–Crippen MR) is 122 cm³/mol. The number of aliphatic hydroxyl groups is 2. The van der Waals surface area contributed by atoms with E-state index in [2.05, 4.69) is 35.6 Å². The Hall–Kier alpha value is -0.0900. The Balaban J connectivity index is 0. The summed E-state index contributed by atoms with van der Waals surface area (Å²) in [6.45, 7) is 5.02. The van der Waals surface area contributed by atoms with Gasteiger partial charge in [0.15, 0.2) is 0 Å². The van der Waals surface area contributed by atoms with Crippen LogP contribution < -0.4 is 0 Å². The molecule has 0 fully saturated rings. The van der Waals surface area contributed by atoms with Crippen LogP contribution in [0, 0.1) is 0 Å². The average molecular weight is 406 g/mol. The molecule has 4 heteroatoms. The van der Waals surface area contributed by atoms with Crippen LogP contribution >= 0.6 is 11.6 Å². The van der Waals surface area contributed by atoms with E-state index in [4.69, 9.17) is 10.2 Å². The molecular formula is C23H48ClNO2. The molecule has 0 aliphatic heterocycles. The highest BCUT2D eigenvalue weighted by molar-refractivity contribution is 6.15. The molecule has 0 aromatic heterocycles. The van der Waals surface area contributed by atoms with Crippen molar-refractivity contribution in [2.75, 3.05) is 39.2 Å². The Morgan fingerprint density at radius 1 is 0.593 bits per heavy atom. The number of unbranched alkanes of at least 4 members (excludes halogenated alkanes) is 12. The van der Waals surface area contributed by atoms with E-state index >= 15 is 0 Å². The minimum Gasteiger partial charge on any atom is -0.395 e. The second-order valence-corrected chi connectivity index (χ2v) is 7.23. The molecule has 0 spiro atoms. The molecular weight excluding hydrogens is 358 g/mol. The largest absolute Gasteiger partial charge is 0.395 e. The van der Waals surface area contributed by atoms with Crippen LogP contribution in [0.15, 0.2) is 12.2 Å². The summed E-state index contributed by atoms with van der Waals surface area (Å²) in [5.74, 6) is 0. The van der Waals surface area contributed by atoms with Crippen LogP contribution in [0.5, 0.6) is 0 Å². The third-order valence-electron chi connectivity index (χ3n) is 4.82. The lowest BCUT2D eigenvalue weighted by Gasteiger charge is -2.19. The first-order chi connectivity index (χ1) is 13.3. The topological polar surface area (TPSA) is 43.7 Å². The molecule has 0 aliphatic carbocycles. The Morgan fingerprint density at radius 2 is 1.00 bits per heavy atom. The Morgan fingerprint density at radius 3 is 1.44 bits per heavy atom. The number of hydrogen-bond acceptors (Lipinski definition) is 3. The van der Waals surface area contributed by atoms with E-state index in [9.17, 15) is 0 Å². The molecule has 0 rings (SSSR count). The van der Waals surface area contributed by atoms with Crippen molar-refractivity contribution in [3.8, 4) is 0 Å². The Bertz CT molecular complexity index is 269. The van der Waals surface area contributed by atoms with E-state index in [1.54, 1.807) is 0 Å². The van der Waals surface area contributed by atoms with Gasteiger partial charge in [-0.05, 0) is 38.6 Å². The van der Waals surface area contributed by atoms with E-state index in [1.807, 2.05) is 0 Å². The number of alkyl halides is 1. The Labute approximate surface area is 175 Å². The second-order valence-electron chi connectivity index (χ2n) is 7.23. The molecule has 0 bridgehead atoms. The van der Waals surface area contributed by atoms with E-state index in [-0.39, 0.29) is 13.2 Å². The summed E-state index contributed by atoms with van der Waals surface area (Å²) in [6.07, 6.45) is 24.9. The van der Waals surface area contributed by atoms with Gasteiger partial charge in [0, 0.05) is 19.5 Å². The highest BCUT2D eigenvalue weighted by atomic mass is 35.5. The molecule has 0 heterocycles. The van der Waals surface area contributed by atoms with Gasteiger partial charge >= 0.3 is 0 Å². The van der Waals surface area contributed by atoms with Crippen LogP contribution in [0.4, 0.5) is 0 Å². The first kappa shape index (κ1) is 29.1. The maximum Gasteiger partial charge on any atom is 0.0558 e. The molecule has 164 valence electrons. The third-order valence-corrected chi connectivity index (χ3v) is 4.82. The summed E-state index contributed by atoms with van der Waals surface area (Å²) in [7, 11) is 0. The van der Waals surface area contributed by atoms with Crippen molar-refractivity contribution in [3.63, 3.8) is 0 Å². The standard InChI is InChI=1S/C22H45NO2.CH3Cl/c1-2-3-4-5-6-7-8-9-10-11-12-13-14-15-16-17-18-23(19-21-24)20-22-25;1-2/h9-10,24-25H,2-8,11-22H2,1H3;1H3/b10-9-;. The Kier molecular flexibility index (Phi) is 30.3. The number of nitrogens with zero attached hydrogens (tertiary/aromatic N) is 1. The summed E-state index contributed by atoms with van der Waals surface area (Å²) in [5, 5.41) is 17.9. The molecule has 0 aliphatic rings. The normalized spacial score (nSPS) is 11.2. The molecule has 3 nitrogen and oxygen atoms in total. The highest BCUT2D eigenvalue weighted by Gasteiger charge is 2.02. The zero-order valence-corrected chi connectivity index (χ0v) is 19.1. The first-order valence-corrected chi connectivity index (χ1v) is 12.1. The smallest absolute Gasteiger partial charge is 0.0558 e. The fraction of sp³-hybridized carbons (Fsp3) is 0.913. The molecule has 0 amide bonds. The van der Waals surface area contributed by atoms with E-state index < -0.39 is 0 Å². The SMILES string of the molecule is CCCCCCCC/C=C\CCCCCCCCN(CCO)CCO.CCl. The summed E-state index contributed by atoms with van der Waals surface area (Å²) >= 11 is 4.64. The lowest BCUT2D eigenvalue weighted by Crippen LogP contribution is -2.30. The van der Waals surface area contributed by atoms with Gasteiger partial charge in [0.25, 0.3) is 0 Å². The van der Waals surface area contributed by atoms with Crippen LogP contribution in [-0.4, -0.2) is 54.3 Å². The number of allylic oxidation sites excluding steroid dienone is 2. The summed E-state index contributed by atoms with van der Waals surface area (Å²) < 4.78 is 0. The van der Waals surface area contributed by atoms with Gasteiger partial charge in [-0.3, -0.25) is 4.90 Å². The number of halogens is 1. The number of rotatable bonds is 20. The minimum atomic E-state index is 0.187. The quantitative estimate of drug-likeness (QED) is 0.145. The van der Waals surface area contributed by atoms with Crippen LogP contribution in [0.3, 0.4) is 0 Å². The zero-order chi connectivity index (χ0) is 20.4. The fourth-order valence-electron chi connectivity index (χ4n) is 3.20. The zero-order valence-electron chi connectivity index (χ0n) is 18.3. The number of hydrogen-bond donors (Lipinski definition) is 2. The van der Waals surface area contributed by atoms with Gasteiger partial charge in [-0.15, -0.1) is 11.6 Å². The molecule has 0 unspecified atom stereocenters. The van der Waals surface area contributed by atoms with Crippen molar-refractivity contribution in [1.82, 2.24) is 4.90 Å². The molecule has 0 radical (unpaired) electrons. The fourth-order valence-corrected chi connectivity index (χ4v) is 3.20. The van der Waals surface area contributed by atoms with Gasteiger partial charge in [-0.25, -0.2) is 0 Å². The molecule has 0 saturated heterocycles. The van der Waals surface area contributed by atoms with Gasteiger partial charge in [0.05, 0.1) is 13.2 Å². The second kappa shape index (κ2) is 28.1. The van der Waals surface area contributed by atoms with Crippen molar-refractivity contribution >= 4 is 11.6 Å². The van der Waals surface area contributed by atoms with E-state index in [0.717, 1.165) is 6.54 Å². The highest BCUT2D eigenvalue weighted by Crippen LogP contribution is 2.10. The van der Waals surface area contributed by atoms with Gasteiger partial charge < -0.3 is 10.2 Å². The van der Waals surface area contributed by atoms with Crippen LogP contribution in [0.25, 0.3) is 0 Å². The van der Waals surface area contributed by atoms with Gasteiger partial charge in [0.2, 0.25) is 0 Å². The van der Waals surface area contributed by atoms with Crippen molar-refractivity contribution in [2.24, 2.45) is 0 Å². The summed E-state index contributed by atoms with van der Waals surface area (Å²) in [4.78, 5) is 2.15. The van der Waals surface area contributed by atoms with E-state index in [1.165, 1.54) is 96.3 Å². The van der Waals surface area contributed by atoms with Crippen molar-refractivity contribution in [2.45, 2.75) is 96.8 Å². The molecule has 0 saturated carbocycles. The maximum atomic E-state index is 8.97.